The number of nitrogens with zero attached hydrogens (tertiary/aromatic N) is 4. The number of benzene rings is 1. The largest absolute Gasteiger partial charge is 0.364 e. The molecule has 2 aromatic rings. The maximum Gasteiger partial charge on any atom is 0.271 e. The highest BCUT2D eigenvalue weighted by Gasteiger charge is 2.28. The standard InChI is InChI=1S/C29H39N7O2/c1-2-26(37)36-15-5-6-23(19-36)32-25-18-31-27(28(30)38)29(34-25)33-22-11-9-20(10-12-22)21-13-16-35(17-14-21)24-7-3-4-8-24/h2,9-12,18,21,23-24H,1,3-8,13-17,19H2,(H2,30,38)(H2,32,33,34)/t23-/m1/s1. The van der Waals surface area contributed by atoms with Crippen LogP contribution in [-0.4, -0.2) is 69.8 Å². The highest BCUT2D eigenvalue weighted by atomic mass is 16.2. The molecule has 0 unspecified atom stereocenters. The van der Waals surface area contributed by atoms with Crippen LogP contribution in [-0.2, 0) is 4.79 Å². The van der Waals surface area contributed by atoms with Gasteiger partial charge in [0.15, 0.2) is 11.5 Å². The van der Waals surface area contributed by atoms with Gasteiger partial charge in [-0.2, -0.15) is 0 Å². The summed E-state index contributed by atoms with van der Waals surface area (Å²) in [6, 6.07) is 9.25. The Morgan fingerprint density at radius 1 is 1.00 bits per heavy atom. The number of primary amides is 1. The second kappa shape index (κ2) is 11.9. The molecule has 9 heteroatoms. The summed E-state index contributed by atoms with van der Waals surface area (Å²) in [6.07, 6.45) is 12.6. The maximum absolute atomic E-state index is 12.0. The number of hydrogen-bond acceptors (Lipinski definition) is 7. The second-order valence-electron chi connectivity index (χ2n) is 10.8. The van der Waals surface area contributed by atoms with Crippen molar-refractivity contribution < 1.29 is 9.59 Å². The predicted octanol–water partition coefficient (Wildman–Crippen LogP) is 4.03. The van der Waals surface area contributed by atoms with Gasteiger partial charge in [0.1, 0.15) is 5.82 Å². The zero-order valence-corrected chi connectivity index (χ0v) is 22.1. The summed E-state index contributed by atoms with van der Waals surface area (Å²) in [5, 5.41) is 6.60. The highest BCUT2D eigenvalue weighted by molar-refractivity contribution is 5.96. The minimum absolute atomic E-state index is 0.0357. The molecule has 0 spiro atoms. The molecule has 2 aliphatic heterocycles. The molecular weight excluding hydrogens is 478 g/mol. The van der Waals surface area contributed by atoms with Gasteiger partial charge < -0.3 is 26.2 Å². The molecule has 1 atom stereocenters. The van der Waals surface area contributed by atoms with Gasteiger partial charge in [0, 0.05) is 30.9 Å². The molecule has 9 nitrogen and oxygen atoms in total. The first-order valence-corrected chi connectivity index (χ1v) is 14.0. The fourth-order valence-corrected chi connectivity index (χ4v) is 6.20. The zero-order valence-electron chi connectivity index (χ0n) is 22.1. The van der Waals surface area contributed by atoms with Crippen LogP contribution in [0.15, 0.2) is 43.1 Å². The SMILES string of the molecule is C=CC(=O)N1CCC[C@@H](Nc2cnc(C(N)=O)c(Nc3ccc(C4CCN(C5CCCC5)CC4)cc3)n2)C1. The van der Waals surface area contributed by atoms with Crippen molar-refractivity contribution in [2.24, 2.45) is 5.73 Å². The van der Waals surface area contributed by atoms with Gasteiger partial charge in [-0.05, 0) is 81.3 Å². The number of nitrogens with one attached hydrogen (secondary N) is 2. The van der Waals surface area contributed by atoms with Crippen LogP contribution in [0.3, 0.4) is 0 Å². The number of likely N-dealkylation sites (tertiary alicyclic amines) is 2. The Balaban J connectivity index is 1.23. The summed E-state index contributed by atoms with van der Waals surface area (Å²) < 4.78 is 0. The quantitative estimate of drug-likeness (QED) is 0.453. The topological polar surface area (TPSA) is 116 Å². The first-order valence-electron chi connectivity index (χ1n) is 14.0. The average molecular weight is 518 g/mol. The lowest BCUT2D eigenvalue weighted by Gasteiger charge is -2.36. The summed E-state index contributed by atoms with van der Waals surface area (Å²) >= 11 is 0. The van der Waals surface area contributed by atoms with Gasteiger partial charge in [-0.1, -0.05) is 31.6 Å². The van der Waals surface area contributed by atoms with Gasteiger partial charge >= 0.3 is 0 Å². The molecule has 38 heavy (non-hydrogen) atoms. The fourth-order valence-electron chi connectivity index (χ4n) is 6.20. The van der Waals surface area contributed by atoms with E-state index in [0.717, 1.165) is 31.1 Å². The van der Waals surface area contributed by atoms with E-state index in [1.807, 2.05) is 12.1 Å². The Kier molecular flexibility index (Phi) is 8.22. The van der Waals surface area contributed by atoms with Gasteiger partial charge in [-0.3, -0.25) is 9.59 Å². The van der Waals surface area contributed by atoms with Crippen LogP contribution in [0.1, 0.15) is 73.3 Å². The van der Waals surface area contributed by atoms with E-state index in [4.69, 9.17) is 5.73 Å². The molecule has 202 valence electrons. The van der Waals surface area contributed by atoms with Crippen molar-refractivity contribution in [3.8, 4) is 0 Å². The molecule has 2 amide bonds. The summed E-state index contributed by atoms with van der Waals surface area (Å²) in [6.45, 7) is 7.24. The Morgan fingerprint density at radius 3 is 2.42 bits per heavy atom. The molecule has 1 aliphatic carbocycles. The van der Waals surface area contributed by atoms with Gasteiger partial charge in [-0.15, -0.1) is 0 Å². The van der Waals surface area contributed by atoms with E-state index < -0.39 is 5.91 Å². The third-order valence-corrected chi connectivity index (χ3v) is 8.28. The van der Waals surface area contributed by atoms with Crippen LogP contribution >= 0.6 is 0 Å². The fraction of sp³-hybridized carbons (Fsp3) is 0.517. The Hall–Kier alpha value is -3.46. The number of nitrogens with two attached hydrogens (primary N) is 1. The van der Waals surface area contributed by atoms with Crippen LogP contribution in [0, 0.1) is 0 Å². The molecular formula is C29H39N7O2. The highest BCUT2D eigenvalue weighted by Crippen LogP contribution is 2.33. The predicted molar refractivity (Wildman–Crippen MR) is 150 cm³/mol. The monoisotopic (exact) mass is 517 g/mol. The van der Waals surface area contributed by atoms with Gasteiger partial charge in [0.25, 0.3) is 5.91 Å². The number of piperidine rings is 2. The molecule has 2 saturated heterocycles. The van der Waals surface area contributed by atoms with Crippen molar-refractivity contribution in [2.45, 2.75) is 69.4 Å². The summed E-state index contributed by atoms with van der Waals surface area (Å²) in [5.41, 5.74) is 7.86. The number of hydrogen-bond donors (Lipinski definition) is 3. The number of aromatic nitrogens is 2. The molecule has 0 radical (unpaired) electrons. The van der Waals surface area contributed by atoms with Crippen LogP contribution in [0.2, 0.25) is 0 Å². The number of anilines is 3. The van der Waals surface area contributed by atoms with Crippen molar-refractivity contribution in [3.63, 3.8) is 0 Å². The van der Waals surface area contributed by atoms with Crippen molar-refractivity contribution in [3.05, 3.63) is 54.4 Å². The number of rotatable bonds is 8. The van der Waals surface area contributed by atoms with Crippen molar-refractivity contribution in [1.82, 2.24) is 19.8 Å². The van der Waals surface area contributed by atoms with Crippen LogP contribution in [0.4, 0.5) is 17.3 Å². The van der Waals surface area contributed by atoms with Crippen LogP contribution in [0.25, 0.3) is 0 Å². The smallest absolute Gasteiger partial charge is 0.271 e. The summed E-state index contributed by atoms with van der Waals surface area (Å²) in [7, 11) is 0. The summed E-state index contributed by atoms with van der Waals surface area (Å²) in [4.78, 5) is 37.4. The molecule has 1 aromatic heterocycles. The van der Waals surface area contributed by atoms with E-state index in [2.05, 4.69) is 44.2 Å². The van der Waals surface area contributed by atoms with E-state index in [0.29, 0.717) is 24.1 Å². The first-order chi connectivity index (χ1) is 18.5. The maximum atomic E-state index is 12.0. The average Bonchev–Trinajstić information content (AvgIpc) is 3.49. The third-order valence-electron chi connectivity index (χ3n) is 8.28. The molecule has 4 N–H and O–H groups in total. The minimum atomic E-state index is -0.641. The lowest BCUT2D eigenvalue weighted by atomic mass is 9.88. The lowest BCUT2D eigenvalue weighted by Crippen LogP contribution is -2.44. The molecule has 1 aromatic carbocycles. The Bertz CT molecular complexity index is 1140. The van der Waals surface area contributed by atoms with E-state index in [1.165, 1.54) is 69.5 Å². The van der Waals surface area contributed by atoms with E-state index in [9.17, 15) is 9.59 Å². The van der Waals surface area contributed by atoms with Gasteiger partial charge in [0.2, 0.25) is 5.91 Å². The molecule has 3 fully saturated rings. The Labute approximate surface area is 224 Å². The lowest BCUT2D eigenvalue weighted by molar-refractivity contribution is -0.127. The van der Waals surface area contributed by atoms with E-state index in [1.54, 1.807) is 4.90 Å². The molecule has 0 bridgehead atoms. The minimum Gasteiger partial charge on any atom is -0.364 e. The first kappa shape index (κ1) is 26.2. The van der Waals surface area contributed by atoms with Gasteiger partial charge in [0.05, 0.1) is 6.20 Å². The van der Waals surface area contributed by atoms with E-state index in [-0.39, 0.29) is 17.6 Å². The molecule has 3 heterocycles. The van der Waals surface area contributed by atoms with E-state index >= 15 is 0 Å². The number of carbonyl (C=O) groups excluding carboxylic acids is 2. The normalized spacial score (nSPS) is 21.3. The van der Waals surface area contributed by atoms with Crippen LogP contribution < -0.4 is 16.4 Å². The third kappa shape index (κ3) is 6.15. The number of carbonyl (C=O) groups is 2. The Morgan fingerprint density at radius 2 is 1.74 bits per heavy atom. The zero-order chi connectivity index (χ0) is 26.5. The molecule has 5 rings (SSSR count). The second-order valence-corrected chi connectivity index (χ2v) is 10.8. The molecule has 3 aliphatic rings. The summed E-state index contributed by atoms with van der Waals surface area (Å²) in [5.74, 6) is 0.712. The van der Waals surface area contributed by atoms with Crippen molar-refractivity contribution in [1.29, 1.82) is 0 Å². The van der Waals surface area contributed by atoms with Crippen LogP contribution in [0.5, 0.6) is 0 Å². The van der Waals surface area contributed by atoms with Crippen molar-refractivity contribution >= 4 is 29.1 Å². The van der Waals surface area contributed by atoms with Crippen molar-refractivity contribution in [2.75, 3.05) is 36.8 Å². The number of amides is 2. The molecule has 1 saturated carbocycles. The van der Waals surface area contributed by atoms with Gasteiger partial charge in [-0.25, -0.2) is 9.97 Å².